The number of carbonyl (C=O) groups is 1. The molecule has 0 fully saturated rings. The number of nitrogens with one attached hydrogen (secondary N) is 1. The van der Waals surface area contributed by atoms with Gasteiger partial charge in [0, 0.05) is 24.7 Å². The molecule has 2 aromatic carbocycles. The van der Waals surface area contributed by atoms with Crippen LogP contribution < -0.4 is 5.32 Å². The Balaban J connectivity index is 1.94. The number of anilines is 1. The van der Waals surface area contributed by atoms with Crippen LogP contribution in [0.15, 0.2) is 64.4 Å². The van der Waals surface area contributed by atoms with Crippen molar-refractivity contribution in [3.05, 3.63) is 54.6 Å². The molecule has 0 saturated heterocycles. The van der Waals surface area contributed by atoms with Crippen LogP contribution in [0.5, 0.6) is 0 Å². The highest BCUT2D eigenvalue weighted by Gasteiger charge is 2.16. The molecule has 122 valence electrons. The molecule has 23 heavy (non-hydrogen) atoms. The first-order valence-corrected chi connectivity index (χ1v) is 9.32. The highest BCUT2D eigenvalue weighted by Crippen LogP contribution is 2.19. The quantitative estimate of drug-likeness (QED) is 0.814. The number of nitrogens with zero attached hydrogens (tertiary/aromatic N) is 1. The van der Waals surface area contributed by atoms with Gasteiger partial charge in [0.05, 0.1) is 10.6 Å². The fourth-order valence-corrected chi connectivity index (χ4v) is 3.40. The van der Waals surface area contributed by atoms with Gasteiger partial charge in [-0.1, -0.05) is 18.2 Å². The Morgan fingerprint density at radius 1 is 1.04 bits per heavy atom. The number of carbonyl (C=O) groups excluding carboxylic acids is 1. The molecule has 0 aliphatic carbocycles. The van der Waals surface area contributed by atoms with Gasteiger partial charge in [0.2, 0.25) is 15.9 Å². The zero-order valence-electron chi connectivity index (χ0n) is 12.9. The van der Waals surface area contributed by atoms with Crippen LogP contribution in [0.3, 0.4) is 0 Å². The molecule has 0 atom stereocenters. The summed E-state index contributed by atoms with van der Waals surface area (Å²) < 4.78 is 25.1. The average molecular weight is 350 g/mol. The second-order valence-electron chi connectivity index (χ2n) is 4.96. The van der Waals surface area contributed by atoms with E-state index in [1.54, 1.807) is 12.1 Å². The normalized spacial score (nSPS) is 11.4. The Hall–Kier alpha value is -1.83. The summed E-state index contributed by atoms with van der Waals surface area (Å²) in [6, 6.07) is 15.8. The Morgan fingerprint density at radius 3 is 2.22 bits per heavy atom. The molecule has 1 amide bonds. The molecular formula is C16H18N2O3S2. The third-order valence-corrected chi connectivity index (χ3v) is 5.87. The van der Waals surface area contributed by atoms with Crippen molar-refractivity contribution in [2.24, 2.45) is 0 Å². The Labute approximate surface area is 140 Å². The molecule has 0 radical (unpaired) electrons. The van der Waals surface area contributed by atoms with Gasteiger partial charge in [0.25, 0.3) is 0 Å². The molecule has 0 heterocycles. The van der Waals surface area contributed by atoms with Crippen LogP contribution >= 0.6 is 11.8 Å². The van der Waals surface area contributed by atoms with E-state index in [0.29, 0.717) is 11.4 Å². The van der Waals surface area contributed by atoms with Crippen molar-refractivity contribution in [1.29, 1.82) is 0 Å². The summed E-state index contributed by atoms with van der Waals surface area (Å²) in [7, 11) is -0.496. The standard InChI is InChI=1S/C16H18N2O3S2/c1-18(2)23(20,21)15-10-8-13(9-11-15)17-16(19)12-22-14-6-4-3-5-7-14/h3-11H,12H2,1-2H3,(H,17,19). The molecule has 0 aromatic heterocycles. The van der Waals surface area contributed by atoms with Crippen LogP contribution in [0.1, 0.15) is 0 Å². The fraction of sp³-hybridized carbons (Fsp3) is 0.188. The molecule has 0 aliphatic heterocycles. The van der Waals surface area contributed by atoms with Crippen molar-refractivity contribution in [2.75, 3.05) is 25.2 Å². The molecule has 0 bridgehead atoms. The summed E-state index contributed by atoms with van der Waals surface area (Å²) in [6.07, 6.45) is 0. The van der Waals surface area contributed by atoms with E-state index < -0.39 is 10.0 Å². The van der Waals surface area contributed by atoms with Gasteiger partial charge >= 0.3 is 0 Å². The maximum absolute atomic E-state index is 12.0. The second kappa shape index (κ2) is 7.63. The molecule has 0 aliphatic rings. The van der Waals surface area contributed by atoms with Crippen LogP contribution in [0.25, 0.3) is 0 Å². The van der Waals surface area contributed by atoms with E-state index >= 15 is 0 Å². The van der Waals surface area contributed by atoms with Gasteiger partial charge in [-0.25, -0.2) is 12.7 Å². The topological polar surface area (TPSA) is 66.5 Å². The molecule has 0 spiro atoms. The van der Waals surface area contributed by atoms with E-state index in [-0.39, 0.29) is 10.8 Å². The molecule has 7 heteroatoms. The second-order valence-corrected chi connectivity index (χ2v) is 8.16. The monoisotopic (exact) mass is 350 g/mol. The van der Waals surface area contributed by atoms with Crippen molar-refractivity contribution in [2.45, 2.75) is 9.79 Å². The summed E-state index contributed by atoms with van der Waals surface area (Å²) in [6.45, 7) is 0. The summed E-state index contributed by atoms with van der Waals surface area (Å²) in [5, 5.41) is 2.75. The number of hydrogen-bond donors (Lipinski definition) is 1. The lowest BCUT2D eigenvalue weighted by Gasteiger charge is -2.12. The van der Waals surface area contributed by atoms with Crippen molar-refractivity contribution >= 4 is 33.4 Å². The van der Waals surface area contributed by atoms with Gasteiger partial charge < -0.3 is 5.32 Å². The molecule has 2 rings (SSSR count). The van der Waals surface area contributed by atoms with E-state index in [0.717, 1.165) is 9.20 Å². The maximum atomic E-state index is 12.0. The molecule has 1 N–H and O–H groups in total. The van der Waals surface area contributed by atoms with Crippen molar-refractivity contribution in [3.8, 4) is 0 Å². The summed E-state index contributed by atoms with van der Waals surface area (Å²) >= 11 is 1.44. The zero-order chi connectivity index (χ0) is 16.9. The summed E-state index contributed by atoms with van der Waals surface area (Å²) in [4.78, 5) is 13.1. The Kier molecular flexibility index (Phi) is 5.81. The van der Waals surface area contributed by atoms with E-state index in [4.69, 9.17) is 0 Å². The lowest BCUT2D eigenvalue weighted by atomic mass is 10.3. The fourth-order valence-electron chi connectivity index (χ4n) is 1.78. The smallest absolute Gasteiger partial charge is 0.242 e. The Morgan fingerprint density at radius 2 is 1.65 bits per heavy atom. The third kappa shape index (κ3) is 4.82. The van der Waals surface area contributed by atoms with Gasteiger partial charge in [-0.05, 0) is 36.4 Å². The van der Waals surface area contributed by atoms with E-state index in [1.165, 1.54) is 38.0 Å². The minimum atomic E-state index is -3.45. The first kappa shape index (κ1) is 17.5. The van der Waals surface area contributed by atoms with E-state index in [9.17, 15) is 13.2 Å². The lowest BCUT2D eigenvalue weighted by Crippen LogP contribution is -2.22. The lowest BCUT2D eigenvalue weighted by molar-refractivity contribution is -0.113. The van der Waals surface area contributed by atoms with Crippen molar-refractivity contribution in [3.63, 3.8) is 0 Å². The van der Waals surface area contributed by atoms with Crippen molar-refractivity contribution < 1.29 is 13.2 Å². The third-order valence-electron chi connectivity index (χ3n) is 3.03. The van der Waals surface area contributed by atoms with Gasteiger partial charge in [-0.3, -0.25) is 4.79 Å². The number of amides is 1. The number of benzene rings is 2. The van der Waals surface area contributed by atoms with Crippen LogP contribution in [-0.4, -0.2) is 38.5 Å². The highest BCUT2D eigenvalue weighted by atomic mass is 32.2. The number of sulfonamides is 1. The first-order chi connectivity index (χ1) is 10.9. The SMILES string of the molecule is CN(C)S(=O)(=O)c1ccc(NC(=O)CSc2ccccc2)cc1. The highest BCUT2D eigenvalue weighted by molar-refractivity contribution is 8.00. The van der Waals surface area contributed by atoms with E-state index in [2.05, 4.69) is 5.32 Å². The predicted molar refractivity (Wildman–Crippen MR) is 93.1 cm³/mol. The predicted octanol–water partition coefficient (Wildman–Crippen LogP) is 2.67. The van der Waals surface area contributed by atoms with Crippen LogP contribution in [-0.2, 0) is 14.8 Å². The summed E-state index contributed by atoms with van der Waals surface area (Å²) in [5.41, 5.74) is 0.571. The van der Waals surface area contributed by atoms with Crippen LogP contribution in [0.2, 0.25) is 0 Å². The first-order valence-electron chi connectivity index (χ1n) is 6.90. The van der Waals surface area contributed by atoms with Crippen LogP contribution in [0.4, 0.5) is 5.69 Å². The minimum absolute atomic E-state index is 0.137. The van der Waals surface area contributed by atoms with Gasteiger partial charge in [-0.2, -0.15) is 0 Å². The molecular weight excluding hydrogens is 332 g/mol. The zero-order valence-corrected chi connectivity index (χ0v) is 14.5. The van der Waals surface area contributed by atoms with Gasteiger partial charge in [-0.15, -0.1) is 11.8 Å². The average Bonchev–Trinajstić information content (AvgIpc) is 2.54. The van der Waals surface area contributed by atoms with Crippen molar-refractivity contribution in [1.82, 2.24) is 4.31 Å². The molecule has 0 saturated carbocycles. The molecule has 0 unspecified atom stereocenters. The van der Waals surface area contributed by atoms with E-state index in [1.807, 2.05) is 30.3 Å². The molecule has 2 aromatic rings. The van der Waals surface area contributed by atoms with Gasteiger partial charge in [0.15, 0.2) is 0 Å². The number of hydrogen-bond acceptors (Lipinski definition) is 4. The Bertz CT molecular complexity index is 758. The molecule has 5 nitrogen and oxygen atoms in total. The summed E-state index contributed by atoms with van der Waals surface area (Å²) in [5.74, 6) is 0.156. The van der Waals surface area contributed by atoms with Gasteiger partial charge in [0.1, 0.15) is 0 Å². The number of rotatable bonds is 6. The van der Waals surface area contributed by atoms with Crippen LogP contribution in [0, 0.1) is 0 Å². The largest absolute Gasteiger partial charge is 0.325 e. The minimum Gasteiger partial charge on any atom is -0.325 e. The maximum Gasteiger partial charge on any atom is 0.242 e. The number of thioether (sulfide) groups is 1.